The molecule has 2 heterocycles. The molecule has 25 heavy (non-hydrogen) atoms. The Hall–Kier alpha value is -3.18. The van der Waals surface area contributed by atoms with E-state index in [2.05, 4.69) is 20.4 Å². The lowest BCUT2D eigenvalue weighted by molar-refractivity contribution is 0.883. The largest absolute Gasteiger partial charge is 0.324 e. The summed E-state index contributed by atoms with van der Waals surface area (Å²) in [7, 11) is 0. The van der Waals surface area contributed by atoms with E-state index in [4.69, 9.17) is 11.6 Å². The summed E-state index contributed by atoms with van der Waals surface area (Å²) in [6.07, 6.45) is 3.48. The van der Waals surface area contributed by atoms with Crippen molar-refractivity contribution in [3.63, 3.8) is 0 Å². The van der Waals surface area contributed by atoms with Crippen LogP contribution in [0, 0.1) is 0 Å². The summed E-state index contributed by atoms with van der Waals surface area (Å²) in [5.41, 5.74) is 3.48. The molecule has 4 rings (SSSR count). The number of aromatic nitrogens is 4. The number of hydrogen-bond acceptors (Lipinski definition) is 4. The van der Waals surface area contributed by atoms with E-state index in [0.29, 0.717) is 11.0 Å². The van der Waals surface area contributed by atoms with Gasteiger partial charge in [0, 0.05) is 16.9 Å². The van der Waals surface area contributed by atoms with Crippen LogP contribution in [0.3, 0.4) is 0 Å². The van der Waals surface area contributed by atoms with Crippen molar-refractivity contribution in [2.24, 2.45) is 0 Å². The third kappa shape index (κ3) is 3.36. The first-order valence-electron chi connectivity index (χ1n) is 7.75. The number of nitrogens with one attached hydrogen (secondary N) is 1. The third-order valence-corrected chi connectivity index (χ3v) is 3.88. The van der Waals surface area contributed by atoms with Crippen LogP contribution in [-0.4, -0.2) is 19.7 Å². The Balaban J connectivity index is 1.68. The molecule has 0 radical (unpaired) electrons. The summed E-state index contributed by atoms with van der Waals surface area (Å²) in [5, 5.41) is 8.23. The van der Waals surface area contributed by atoms with Crippen LogP contribution < -0.4 is 5.32 Å². The SMILES string of the molecule is Clc1cccc(Nc2nccc(-c3ccnn3-c3ccccc3)n2)c1. The highest BCUT2D eigenvalue weighted by molar-refractivity contribution is 6.30. The van der Waals surface area contributed by atoms with Crippen molar-refractivity contribution < 1.29 is 0 Å². The van der Waals surface area contributed by atoms with Crippen LogP contribution in [0.2, 0.25) is 5.02 Å². The molecule has 1 N–H and O–H groups in total. The maximum absolute atomic E-state index is 6.02. The molecule has 4 aromatic rings. The van der Waals surface area contributed by atoms with Crippen molar-refractivity contribution in [1.29, 1.82) is 0 Å². The highest BCUT2D eigenvalue weighted by Gasteiger charge is 2.10. The molecule has 0 bridgehead atoms. The normalized spacial score (nSPS) is 10.6. The van der Waals surface area contributed by atoms with Crippen molar-refractivity contribution in [3.8, 4) is 17.1 Å². The maximum Gasteiger partial charge on any atom is 0.227 e. The van der Waals surface area contributed by atoms with Crippen molar-refractivity contribution in [3.05, 3.63) is 84.1 Å². The van der Waals surface area contributed by atoms with Crippen molar-refractivity contribution in [1.82, 2.24) is 19.7 Å². The highest BCUT2D eigenvalue weighted by atomic mass is 35.5. The summed E-state index contributed by atoms with van der Waals surface area (Å²) in [6, 6.07) is 21.2. The Morgan fingerprint density at radius 2 is 1.76 bits per heavy atom. The monoisotopic (exact) mass is 347 g/mol. The molecule has 0 unspecified atom stereocenters. The van der Waals surface area contributed by atoms with Crippen LogP contribution in [0.1, 0.15) is 0 Å². The molecular weight excluding hydrogens is 334 g/mol. The van der Waals surface area contributed by atoms with Gasteiger partial charge < -0.3 is 5.32 Å². The summed E-state index contributed by atoms with van der Waals surface area (Å²) in [5.74, 6) is 0.501. The average molecular weight is 348 g/mol. The number of halogens is 1. The second kappa shape index (κ2) is 6.75. The van der Waals surface area contributed by atoms with Gasteiger partial charge in [-0.3, -0.25) is 0 Å². The van der Waals surface area contributed by atoms with E-state index in [1.54, 1.807) is 12.4 Å². The molecule has 2 aromatic heterocycles. The number of nitrogens with zero attached hydrogens (tertiary/aromatic N) is 4. The summed E-state index contributed by atoms with van der Waals surface area (Å²) in [4.78, 5) is 8.88. The molecule has 0 aliphatic rings. The second-order valence-electron chi connectivity index (χ2n) is 5.36. The topological polar surface area (TPSA) is 55.6 Å². The first-order valence-corrected chi connectivity index (χ1v) is 8.13. The predicted molar refractivity (Wildman–Crippen MR) is 99.3 cm³/mol. The zero-order valence-corrected chi connectivity index (χ0v) is 13.9. The zero-order chi connectivity index (χ0) is 17.1. The summed E-state index contributed by atoms with van der Waals surface area (Å²) < 4.78 is 1.85. The molecule has 0 saturated heterocycles. The minimum Gasteiger partial charge on any atom is -0.324 e. The average Bonchev–Trinajstić information content (AvgIpc) is 3.13. The third-order valence-electron chi connectivity index (χ3n) is 3.64. The van der Waals surface area contributed by atoms with E-state index in [9.17, 15) is 0 Å². The molecule has 5 nitrogen and oxygen atoms in total. The summed E-state index contributed by atoms with van der Waals surface area (Å²) in [6.45, 7) is 0. The second-order valence-corrected chi connectivity index (χ2v) is 5.80. The van der Waals surface area contributed by atoms with Crippen LogP contribution in [0.25, 0.3) is 17.1 Å². The Bertz CT molecular complexity index is 997. The Kier molecular flexibility index (Phi) is 4.14. The first kappa shape index (κ1) is 15.4. The highest BCUT2D eigenvalue weighted by Crippen LogP contribution is 2.23. The fourth-order valence-electron chi connectivity index (χ4n) is 2.53. The molecule has 0 spiro atoms. The van der Waals surface area contributed by atoms with Crippen LogP contribution in [0.4, 0.5) is 11.6 Å². The number of para-hydroxylation sites is 1. The summed E-state index contributed by atoms with van der Waals surface area (Å²) >= 11 is 6.02. The van der Waals surface area contributed by atoms with Gasteiger partial charge in [-0.15, -0.1) is 0 Å². The van der Waals surface area contributed by atoms with E-state index >= 15 is 0 Å². The lowest BCUT2D eigenvalue weighted by atomic mass is 10.2. The smallest absolute Gasteiger partial charge is 0.227 e. The molecule has 0 amide bonds. The van der Waals surface area contributed by atoms with Gasteiger partial charge in [-0.05, 0) is 42.5 Å². The molecule has 0 aliphatic heterocycles. The van der Waals surface area contributed by atoms with Crippen LogP contribution in [0.5, 0.6) is 0 Å². The van der Waals surface area contributed by atoms with E-state index in [0.717, 1.165) is 22.8 Å². The molecular formula is C19H14ClN5. The van der Waals surface area contributed by atoms with Gasteiger partial charge in [-0.1, -0.05) is 35.9 Å². The van der Waals surface area contributed by atoms with Gasteiger partial charge in [-0.25, -0.2) is 14.6 Å². The van der Waals surface area contributed by atoms with Gasteiger partial charge >= 0.3 is 0 Å². The number of benzene rings is 2. The first-order chi connectivity index (χ1) is 12.3. The standard InChI is InChI=1S/C19H14ClN5/c20-14-5-4-6-15(13-14)23-19-21-11-9-17(24-19)18-10-12-22-25(18)16-7-2-1-3-8-16/h1-13H,(H,21,23,24). The maximum atomic E-state index is 6.02. The van der Waals surface area contributed by atoms with Crippen LogP contribution in [-0.2, 0) is 0 Å². The number of anilines is 2. The Morgan fingerprint density at radius 1 is 0.880 bits per heavy atom. The molecule has 0 atom stereocenters. The van der Waals surface area contributed by atoms with Gasteiger partial charge in [0.1, 0.15) is 0 Å². The van der Waals surface area contributed by atoms with E-state index in [1.165, 1.54) is 0 Å². The van der Waals surface area contributed by atoms with Crippen molar-refractivity contribution in [2.75, 3.05) is 5.32 Å². The van der Waals surface area contributed by atoms with Gasteiger partial charge in [0.2, 0.25) is 5.95 Å². The lowest BCUT2D eigenvalue weighted by Crippen LogP contribution is -2.02. The Labute approximate surface area is 150 Å². The van der Waals surface area contributed by atoms with Gasteiger partial charge in [0.25, 0.3) is 0 Å². The molecule has 2 aromatic carbocycles. The molecule has 6 heteroatoms. The van der Waals surface area contributed by atoms with E-state index < -0.39 is 0 Å². The molecule has 0 aliphatic carbocycles. The minimum atomic E-state index is 0.501. The number of hydrogen-bond donors (Lipinski definition) is 1. The van der Waals surface area contributed by atoms with Gasteiger partial charge in [-0.2, -0.15) is 5.10 Å². The molecule has 122 valence electrons. The van der Waals surface area contributed by atoms with Gasteiger partial charge in [0.15, 0.2) is 0 Å². The van der Waals surface area contributed by atoms with Crippen molar-refractivity contribution in [2.45, 2.75) is 0 Å². The molecule has 0 fully saturated rings. The predicted octanol–water partition coefficient (Wildman–Crippen LogP) is 4.73. The zero-order valence-electron chi connectivity index (χ0n) is 13.2. The van der Waals surface area contributed by atoms with E-state index in [-0.39, 0.29) is 0 Å². The fraction of sp³-hybridized carbons (Fsp3) is 0. The van der Waals surface area contributed by atoms with E-state index in [1.807, 2.05) is 71.4 Å². The van der Waals surface area contributed by atoms with Crippen LogP contribution in [0.15, 0.2) is 79.1 Å². The fourth-order valence-corrected chi connectivity index (χ4v) is 2.72. The quantitative estimate of drug-likeness (QED) is 0.580. The molecule has 0 saturated carbocycles. The Morgan fingerprint density at radius 3 is 2.60 bits per heavy atom. The van der Waals surface area contributed by atoms with Gasteiger partial charge in [0.05, 0.1) is 23.3 Å². The van der Waals surface area contributed by atoms with Crippen molar-refractivity contribution >= 4 is 23.2 Å². The lowest BCUT2D eigenvalue weighted by Gasteiger charge is -2.09. The minimum absolute atomic E-state index is 0.501. The number of rotatable bonds is 4. The van der Waals surface area contributed by atoms with Crippen LogP contribution >= 0.6 is 11.6 Å².